The normalized spacial score (nSPS) is 27.1. The van der Waals surface area contributed by atoms with Crippen molar-refractivity contribution in [2.24, 2.45) is 11.8 Å². The van der Waals surface area contributed by atoms with Crippen LogP contribution >= 0.6 is 0 Å². The minimum Gasteiger partial charge on any atom is -0.433 e. The van der Waals surface area contributed by atoms with Gasteiger partial charge in [-0.2, -0.15) is 8.78 Å². The molecular formula is C28H35F2N7O3. The van der Waals surface area contributed by atoms with E-state index in [-0.39, 0.29) is 17.7 Å². The molecule has 2 saturated carbocycles. The Hall–Kier alpha value is -3.35. The maximum absolute atomic E-state index is 13.2. The number of imidazole rings is 1. The van der Waals surface area contributed by atoms with E-state index in [1.165, 1.54) is 18.5 Å². The van der Waals surface area contributed by atoms with Gasteiger partial charge in [-0.3, -0.25) is 0 Å². The van der Waals surface area contributed by atoms with Gasteiger partial charge in [-0.05, 0) is 56.8 Å². The number of nitrogen functional groups attached to an aromatic ring is 1. The van der Waals surface area contributed by atoms with E-state index in [1.807, 2.05) is 16.8 Å². The van der Waals surface area contributed by atoms with Crippen molar-refractivity contribution >= 4 is 27.9 Å². The summed E-state index contributed by atoms with van der Waals surface area (Å²) in [4.78, 5) is 18.5. The fourth-order valence-electron chi connectivity index (χ4n) is 6.40. The zero-order valence-corrected chi connectivity index (χ0v) is 22.5. The lowest BCUT2D eigenvalue weighted by Crippen LogP contribution is -2.46. The third-order valence-electron chi connectivity index (χ3n) is 8.62. The van der Waals surface area contributed by atoms with Crippen molar-refractivity contribution in [2.75, 3.05) is 19.3 Å². The summed E-state index contributed by atoms with van der Waals surface area (Å²) < 4.78 is 32.9. The van der Waals surface area contributed by atoms with Crippen LogP contribution in [0.2, 0.25) is 0 Å². The fraction of sp³-hybridized carbons (Fsp3) is 0.536. The van der Waals surface area contributed by atoms with Crippen LogP contribution in [0.5, 0.6) is 5.75 Å². The number of anilines is 1. The van der Waals surface area contributed by atoms with Crippen molar-refractivity contribution in [1.82, 2.24) is 29.4 Å². The third kappa shape index (κ3) is 5.23. The van der Waals surface area contributed by atoms with Gasteiger partial charge in [0.2, 0.25) is 0 Å². The van der Waals surface area contributed by atoms with Gasteiger partial charge in [0.15, 0.2) is 0 Å². The van der Waals surface area contributed by atoms with Crippen LogP contribution in [0, 0.1) is 11.8 Å². The Morgan fingerprint density at radius 2 is 1.98 bits per heavy atom. The van der Waals surface area contributed by atoms with Crippen molar-refractivity contribution in [3.8, 4) is 5.75 Å². The summed E-state index contributed by atoms with van der Waals surface area (Å²) in [5.74, 6) is 1.84. The van der Waals surface area contributed by atoms with Gasteiger partial charge >= 0.3 is 6.11 Å². The number of aliphatic hydroxyl groups excluding tert-OH is 2. The largest absolute Gasteiger partial charge is 0.433 e. The number of alkyl halides is 2. The van der Waals surface area contributed by atoms with Crippen LogP contribution in [0.4, 0.5) is 14.6 Å². The Kier molecular flexibility index (Phi) is 6.87. The van der Waals surface area contributed by atoms with Gasteiger partial charge in [0.25, 0.3) is 0 Å². The highest BCUT2D eigenvalue weighted by atomic mass is 19.3. The number of hydrogen-bond acceptors (Lipinski definition) is 8. The molecule has 2 fully saturated rings. The highest BCUT2D eigenvalue weighted by Gasteiger charge is 2.44. The second-order valence-electron chi connectivity index (χ2n) is 11.5. The minimum absolute atomic E-state index is 0.0576. The topological polar surface area (TPSA) is 138 Å². The average molecular weight is 556 g/mol. The summed E-state index contributed by atoms with van der Waals surface area (Å²) >= 11 is 0. The lowest BCUT2D eigenvalue weighted by molar-refractivity contribution is -0.158. The molecule has 214 valence electrons. The Balaban J connectivity index is 0.999. The quantitative estimate of drug-likeness (QED) is 0.246. The van der Waals surface area contributed by atoms with Crippen LogP contribution in [0.1, 0.15) is 44.5 Å². The van der Waals surface area contributed by atoms with Crippen LogP contribution in [0.25, 0.3) is 22.1 Å². The Labute approximate surface area is 230 Å². The predicted octanol–water partition coefficient (Wildman–Crippen LogP) is 3.51. The molecule has 0 saturated heterocycles. The van der Waals surface area contributed by atoms with Crippen molar-refractivity contribution in [3.05, 3.63) is 42.6 Å². The van der Waals surface area contributed by atoms with Gasteiger partial charge in [0.05, 0.1) is 28.6 Å². The van der Waals surface area contributed by atoms with E-state index >= 15 is 0 Å². The van der Waals surface area contributed by atoms with Gasteiger partial charge < -0.3 is 35.1 Å². The molecule has 3 aromatic heterocycles. The van der Waals surface area contributed by atoms with Gasteiger partial charge in [-0.15, -0.1) is 0 Å². The average Bonchev–Trinajstić information content (AvgIpc) is 3.54. The molecule has 0 spiro atoms. The number of halogens is 2. The van der Waals surface area contributed by atoms with E-state index < -0.39 is 18.3 Å². The molecule has 6 rings (SSSR count). The molecule has 0 amide bonds. The van der Waals surface area contributed by atoms with Crippen molar-refractivity contribution in [3.63, 3.8) is 0 Å². The van der Waals surface area contributed by atoms with Gasteiger partial charge in [0, 0.05) is 44.1 Å². The van der Waals surface area contributed by atoms with E-state index in [4.69, 9.17) is 5.73 Å². The number of aromatic nitrogens is 5. The van der Waals surface area contributed by atoms with Crippen LogP contribution in [-0.4, -0.2) is 77.6 Å². The smallest absolute Gasteiger partial charge is 0.394 e. The summed E-state index contributed by atoms with van der Waals surface area (Å²) in [7, 11) is 2.09. The first-order chi connectivity index (χ1) is 19.1. The molecule has 5 N–H and O–H groups in total. The zero-order chi connectivity index (χ0) is 28.2. The van der Waals surface area contributed by atoms with E-state index in [2.05, 4.69) is 36.6 Å². The molecule has 0 radical (unpaired) electrons. The second-order valence-corrected chi connectivity index (χ2v) is 11.5. The van der Waals surface area contributed by atoms with Crippen LogP contribution < -0.4 is 10.5 Å². The van der Waals surface area contributed by atoms with E-state index in [0.29, 0.717) is 48.8 Å². The summed E-state index contributed by atoms with van der Waals surface area (Å²) in [6, 6.07) is 6.76. The van der Waals surface area contributed by atoms with Crippen molar-refractivity contribution < 1.29 is 23.7 Å². The van der Waals surface area contributed by atoms with E-state index in [9.17, 15) is 19.0 Å². The molecule has 1 aromatic carbocycles. The number of nitrogens with two attached hydrogens (primary N) is 1. The molecule has 12 heteroatoms. The number of rotatable bonds is 9. The molecule has 0 unspecified atom stereocenters. The number of nitrogens with one attached hydrogen (secondary N) is 1. The van der Waals surface area contributed by atoms with Crippen LogP contribution in [0.3, 0.4) is 0 Å². The van der Waals surface area contributed by atoms with Crippen molar-refractivity contribution in [1.29, 1.82) is 0 Å². The molecule has 2 aliphatic rings. The summed E-state index contributed by atoms with van der Waals surface area (Å²) in [5.41, 5.74) is 8.05. The number of fused-ring (bicyclic) bond motifs is 2. The SMILES string of the molecule is CN(C[C@H]1C[C@@H](n2ccc3c(N)ncnc32)[C@H](O)[C@@H]1O)[C@H]1C[C@H](CCc2nc3cc(OC(C)(F)F)ccc3[nH]2)C1. The Morgan fingerprint density at radius 3 is 2.75 bits per heavy atom. The van der Waals surface area contributed by atoms with Gasteiger partial charge in [-0.25, -0.2) is 15.0 Å². The molecular weight excluding hydrogens is 520 g/mol. The Morgan fingerprint density at radius 1 is 1.18 bits per heavy atom. The number of H-pyrrole nitrogens is 1. The molecule has 0 bridgehead atoms. The first-order valence-corrected chi connectivity index (χ1v) is 13.7. The molecule has 10 nitrogen and oxygen atoms in total. The fourth-order valence-corrected chi connectivity index (χ4v) is 6.40. The molecule has 2 aliphatic carbocycles. The number of ether oxygens (including phenoxy) is 1. The number of hydrogen-bond donors (Lipinski definition) is 4. The van der Waals surface area contributed by atoms with E-state index in [0.717, 1.165) is 42.4 Å². The maximum atomic E-state index is 13.2. The highest BCUT2D eigenvalue weighted by molar-refractivity contribution is 5.86. The summed E-state index contributed by atoms with van der Waals surface area (Å²) in [5, 5.41) is 22.5. The number of aliphatic hydroxyl groups is 2. The first kappa shape index (κ1) is 26.9. The van der Waals surface area contributed by atoms with Crippen LogP contribution in [-0.2, 0) is 6.42 Å². The molecule has 4 aromatic rings. The number of benzene rings is 1. The first-order valence-electron chi connectivity index (χ1n) is 13.7. The van der Waals surface area contributed by atoms with Crippen LogP contribution in [0.15, 0.2) is 36.8 Å². The number of nitrogens with zero attached hydrogens (tertiary/aromatic N) is 5. The predicted molar refractivity (Wildman–Crippen MR) is 146 cm³/mol. The highest BCUT2D eigenvalue weighted by Crippen LogP contribution is 2.40. The monoisotopic (exact) mass is 555 g/mol. The standard InChI is InChI=1S/C28H35F2N7O3/c1-28(29,30)40-18-4-5-20-21(12-18)35-23(34-20)6-3-15-9-17(10-15)36(2)13-16-11-22(25(39)24(16)38)37-8-7-19-26(31)32-14-33-27(19)37/h4-5,7-8,12,14-17,22,24-25,38-39H,3,6,9-11,13H2,1-2H3,(H,34,35)(H2,31,32,33)/t15-,16-,17-,22-,24-,25+/m1/s1. The lowest BCUT2D eigenvalue weighted by Gasteiger charge is -2.42. The Bertz CT molecular complexity index is 1500. The molecule has 3 heterocycles. The third-order valence-corrected chi connectivity index (χ3v) is 8.62. The second kappa shape index (κ2) is 10.2. The van der Waals surface area contributed by atoms with E-state index in [1.54, 1.807) is 6.07 Å². The van der Waals surface area contributed by atoms with Crippen molar-refractivity contribution in [2.45, 2.75) is 69.4 Å². The summed E-state index contributed by atoms with van der Waals surface area (Å²) in [6.45, 7) is 1.41. The lowest BCUT2D eigenvalue weighted by atomic mass is 9.76. The maximum Gasteiger partial charge on any atom is 0.394 e. The van der Waals surface area contributed by atoms with Gasteiger partial charge in [-0.1, -0.05) is 0 Å². The molecule has 4 atom stereocenters. The number of aromatic amines is 1. The molecule has 40 heavy (non-hydrogen) atoms. The summed E-state index contributed by atoms with van der Waals surface area (Å²) in [6.07, 6.45) is 2.87. The minimum atomic E-state index is -3.24. The number of aryl methyl sites for hydroxylation is 1. The zero-order valence-electron chi connectivity index (χ0n) is 22.5. The van der Waals surface area contributed by atoms with Gasteiger partial charge in [0.1, 0.15) is 35.5 Å². The molecule has 0 aliphatic heterocycles.